The normalized spacial score (nSPS) is 9.25. The van der Waals surface area contributed by atoms with Crippen molar-refractivity contribution in [3.8, 4) is 0 Å². The number of para-hydroxylation sites is 2. The van der Waals surface area contributed by atoms with Crippen molar-refractivity contribution in [2.24, 2.45) is 0 Å². The van der Waals surface area contributed by atoms with E-state index in [0.29, 0.717) is 33.4 Å². The maximum absolute atomic E-state index is 4.96. The molecule has 40 heavy (non-hydrogen) atoms. The summed E-state index contributed by atoms with van der Waals surface area (Å²) in [6, 6.07) is 14.5. The Labute approximate surface area is 299 Å². The second-order valence-electron chi connectivity index (χ2n) is 6.57. The standard InChI is InChI=1S/2C8H2N2O2.C7H4NO.C2H6.5W/c1-5-8(12-3-9-5)2-6-7(1)11-4-10-6;1-5-7(11-3-9-5)2-8-6(1)10-4-12-8;1-2-4-7-6(3-1)8-5-9-7;1-2;;;;;/h2*1-2H;1-4H;1-2H3;;;;;/q2*-2;-1;;;;;;. The van der Waals surface area contributed by atoms with Gasteiger partial charge in [-0.05, 0) is 33.4 Å². The molecule has 0 atom stereocenters. The summed E-state index contributed by atoms with van der Waals surface area (Å²) in [4.78, 5) is 19.3. The predicted octanol–water partition coefficient (Wildman–Crippen LogP) is 5.78. The molecule has 15 heteroatoms. The van der Waals surface area contributed by atoms with Crippen LogP contribution < -0.4 is 0 Å². The van der Waals surface area contributed by atoms with Crippen LogP contribution in [0.15, 0.2) is 70.6 Å². The summed E-state index contributed by atoms with van der Waals surface area (Å²) in [5.74, 6) is 0. The van der Waals surface area contributed by atoms with Crippen LogP contribution in [0.3, 0.4) is 0 Å². The van der Waals surface area contributed by atoms with E-state index in [2.05, 4.69) is 56.9 Å². The number of fused-ring (bicyclic) bond motifs is 5. The van der Waals surface area contributed by atoms with Gasteiger partial charge in [-0.25, -0.2) is 0 Å². The molecule has 0 N–H and O–H groups in total. The zero-order valence-electron chi connectivity index (χ0n) is 20.4. The zero-order valence-corrected chi connectivity index (χ0v) is 35.1. The van der Waals surface area contributed by atoms with Crippen molar-refractivity contribution in [1.29, 1.82) is 0 Å². The van der Waals surface area contributed by atoms with Crippen molar-refractivity contribution in [2.75, 3.05) is 0 Å². The van der Waals surface area contributed by atoms with Gasteiger partial charge in [-0.2, -0.15) is 0 Å². The molecule has 8 aromatic rings. The number of rotatable bonds is 0. The molecule has 0 aliphatic heterocycles. The third-order valence-corrected chi connectivity index (χ3v) is 4.55. The van der Waals surface area contributed by atoms with Crippen LogP contribution in [0, 0.1) is 32.0 Å². The summed E-state index contributed by atoms with van der Waals surface area (Å²) in [5.41, 5.74) is 7.14. The topological polar surface area (TPSA) is 130 Å². The fourth-order valence-electron chi connectivity index (χ4n) is 3.00. The number of oxazole rings is 5. The van der Waals surface area contributed by atoms with Gasteiger partial charge in [0.15, 0.2) is 0 Å². The summed E-state index contributed by atoms with van der Waals surface area (Å²) >= 11 is 0. The van der Waals surface area contributed by atoms with E-state index >= 15 is 0 Å². The van der Waals surface area contributed by atoms with E-state index < -0.39 is 0 Å². The first kappa shape index (κ1) is 38.5. The predicted molar refractivity (Wildman–Crippen MR) is 123 cm³/mol. The van der Waals surface area contributed by atoms with E-state index in [1.54, 1.807) is 24.3 Å². The van der Waals surface area contributed by atoms with E-state index in [9.17, 15) is 0 Å². The minimum absolute atomic E-state index is 0. The SMILES string of the molecule is CC.[W].[W].[W].[W].[W].[c-]1nc2cc3n[c-]oc3cc2o1.[c-]1nc2cc3o[c-]nc3cc2o1.[c-]1nc2ccccc2o1. The Balaban J connectivity index is 0.000000526. The van der Waals surface area contributed by atoms with Gasteiger partial charge in [0, 0.05) is 105 Å². The van der Waals surface area contributed by atoms with Gasteiger partial charge in [0.1, 0.15) is 32.0 Å². The minimum atomic E-state index is 0. The van der Waals surface area contributed by atoms with Crippen molar-refractivity contribution in [3.05, 3.63) is 80.5 Å². The molecule has 0 aliphatic rings. The fraction of sp³-hybridized carbons (Fsp3) is 0.0800. The van der Waals surface area contributed by atoms with Gasteiger partial charge in [-0.15, -0.1) is 30.3 Å². The molecule has 204 valence electrons. The molecule has 0 fully saturated rings. The monoisotopic (exact) mass is 1380 g/mol. The minimum Gasteiger partial charge on any atom is -0.574 e. The second kappa shape index (κ2) is 18.8. The molecule has 0 saturated carbocycles. The maximum Gasteiger partial charge on any atom is 0.103 e. The Hall–Kier alpha value is -1.55. The van der Waals surface area contributed by atoms with E-state index in [0.717, 1.165) is 22.1 Å². The second-order valence-corrected chi connectivity index (χ2v) is 6.57. The maximum atomic E-state index is 4.96. The van der Waals surface area contributed by atoms with Crippen LogP contribution in [0.1, 0.15) is 13.8 Å². The smallest absolute Gasteiger partial charge is 0.103 e. The molecular weight excluding hydrogens is 1370 g/mol. The number of hydrogen-bond acceptors (Lipinski definition) is 10. The fourth-order valence-corrected chi connectivity index (χ4v) is 3.00. The molecule has 5 heterocycles. The van der Waals surface area contributed by atoms with Crippen LogP contribution in [0.2, 0.25) is 0 Å². The van der Waals surface area contributed by atoms with Gasteiger partial charge >= 0.3 is 0 Å². The van der Waals surface area contributed by atoms with Gasteiger partial charge in [-0.3, -0.25) is 0 Å². The first-order valence-electron chi connectivity index (χ1n) is 10.4. The number of nitrogens with zero attached hydrogens (tertiary/aromatic N) is 5. The van der Waals surface area contributed by atoms with Crippen molar-refractivity contribution < 1.29 is 127 Å². The summed E-state index contributed by atoms with van der Waals surface area (Å²) in [6.07, 6.45) is 12.0. The van der Waals surface area contributed by atoms with Crippen LogP contribution in [0.5, 0.6) is 0 Å². The molecule has 0 bridgehead atoms. The van der Waals surface area contributed by atoms with E-state index in [4.69, 9.17) is 22.1 Å². The van der Waals surface area contributed by atoms with Gasteiger partial charge < -0.3 is 47.0 Å². The molecule has 3 aromatic carbocycles. The first-order valence-corrected chi connectivity index (χ1v) is 10.4. The third kappa shape index (κ3) is 8.97. The van der Waals surface area contributed by atoms with Crippen molar-refractivity contribution in [1.82, 2.24) is 24.9 Å². The quantitative estimate of drug-likeness (QED) is 0.173. The molecule has 5 aromatic heterocycles. The zero-order chi connectivity index (χ0) is 24.0. The van der Waals surface area contributed by atoms with E-state index in [-0.39, 0.29) is 105 Å². The van der Waals surface area contributed by atoms with Crippen LogP contribution in [0.25, 0.3) is 55.5 Å². The Morgan fingerprint density at radius 3 is 1.15 bits per heavy atom. The van der Waals surface area contributed by atoms with Crippen LogP contribution in [-0.2, 0) is 105 Å². The molecule has 0 radical (unpaired) electrons. The van der Waals surface area contributed by atoms with Gasteiger partial charge in [-0.1, -0.05) is 54.1 Å². The van der Waals surface area contributed by atoms with Gasteiger partial charge in [0.2, 0.25) is 0 Å². The molecule has 10 nitrogen and oxygen atoms in total. The molecular formula is C25H14N5O5W5-5. The molecule has 0 aliphatic carbocycles. The summed E-state index contributed by atoms with van der Waals surface area (Å²) < 4.78 is 24.7. The van der Waals surface area contributed by atoms with Crippen molar-refractivity contribution in [2.45, 2.75) is 13.8 Å². The van der Waals surface area contributed by atoms with Crippen LogP contribution in [-0.4, -0.2) is 24.9 Å². The third-order valence-electron chi connectivity index (χ3n) is 4.55. The molecule has 0 saturated heterocycles. The van der Waals surface area contributed by atoms with E-state index in [1.807, 2.05) is 38.1 Å². The molecule has 0 amide bonds. The average molecular weight is 1380 g/mol. The number of hydrogen-bond donors (Lipinski definition) is 0. The van der Waals surface area contributed by atoms with Gasteiger partial charge in [0.05, 0.1) is 0 Å². The van der Waals surface area contributed by atoms with Crippen LogP contribution in [0.4, 0.5) is 0 Å². The largest absolute Gasteiger partial charge is 0.574 e. The van der Waals surface area contributed by atoms with Crippen LogP contribution >= 0.6 is 0 Å². The number of benzene rings is 3. The molecule has 8 rings (SSSR count). The summed E-state index contributed by atoms with van der Waals surface area (Å²) in [7, 11) is 0. The Kier molecular flexibility index (Phi) is 18.1. The van der Waals surface area contributed by atoms with Crippen molar-refractivity contribution >= 4 is 55.5 Å². The molecule has 0 spiro atoms. The first-order chi connectivity index (χ1) is 17.3. The summed E-state index contributed by atoms with van der Waals surface area (Å²) in [6.45, 7) is 4.00. The van der Waals surface area contributed by atoms with Crippen molar-refractivity contribution in [3.63, 3.8) is 0 Å². The molecule has 0 unspecified atom stereocenters. The van der Waals surface area contributed by atoms with Gasteiger partial charge in [0.25, 0.3) is 0 Å². The Bertz CT molecular complexity index is 1520. The van der Waals surface area contributed by atoms with E-state index in [1.165, 1.54) is 0 Å². The average Bonchev–Trinajstić information content (AvgIpc) is 3.72. The summed E-state index contributed by atoms with van der Waals surface area (Å²) in [5, 5.41) is 0. The Morgan fingerprint density at radius 2 is 0.725 bits per heavy atom. The Morgan fingerprint density at radius 1 is 0.400 bits per heavy atom. The number of aromatic nitrogens is 5.